The van der Waals surface area contributed by atoms with Crippen LogP contribution in [0.25, 0.3) is 0 Å². The summed E-state index contributed by atoms with van der Waals surface area (Å²) in [6.45, 7) is 1.62. The minimum Gasteiger partial charge on any atom is -0.467 e. The van der Waals surface area contributed by atoms with Gasteiger partial charge >= 0.3 is 12.1 Å². The molecule has 0 aromatic heterocycles. The van der Waals surface area contributed by atoms with Crippen molar-refractivity contribution >= 4 is 29.7 Å². The Morgan fingerprint density at radius 2 is 1.53 bits per heavy atom. The summed E-state index contributed by atoms with van der Waals surface area (Å²) >= 11 is 1.50. The number of rotatable bonds is 10. The second-order valence-electron chi connectivity index (χ2n) is 6.51. The van der Waals surface area contributed by atoms with Gasteiger partial charge in [-0.1, -0.05) is 60.7 Å². The number of carbonyl (C=O) groups is 3. The van der Waals surface area contributed by atoms with Gasteiger partial charge in [0, 0.05) is 11.5 Å². The topological polar surface area (TPSA) is 93.7 Å². The number of hydrogen-bond acceptors (Lipinski definition) is 6. The second-order valence-corrected chi connectivity index (χ2v) is 7.54. The Bertz CT molecular complexity index is 817. The molecule has 0 radical (unpaired) electrons. The zero-order chi connectivity index (χ0) is 21.8. The summed E-state index contributed by atoms with van der Waals surface area (Å²) in [5.41, 5.74) is 1.96. The number of methoxy groups -OCH3 is 1. The van der Waals surface area contributed by atoms with Gasteiger partial charge in [0.2, 0.25) is 5.91 Å². The molecule has 0 saturated carbocycles. The molecule has 0 aliphatic heterocycles. The SMILES string of the molecule is COC(=O)[C@H](CSCc1ccccc1)NC(=O)[C@@H](C)NC(=O)OCc1ccccc1. The van der Waals surface area contributed by atoms with Gasteiger partial charge in [0.05, 0.1) is 7.11 Å². The molecule has 0 bridgehead atoms. The van der Waals surface area contributed by atoms with Crippen molar-refractivity contribution in [2.75, 3.05) is 12.9 Å². The van der Waals surface area contributed by atoms with E-state index in [1.54, 1.807) is 0 Å². The molecule has 0 spiro atoms. The largest absolute Gasteiger partial charge is 0.467 e. The van der Waals surface area contributed by atoms with Crippen LogP contribution in [0.3, 0.4) is 0 Å². The zero-order valence-corrected chi connectivity index (χ0v) is 17.8. The van der Waals surface area contributed by atoms with Crippen LogP contribution in [0.15, 0.2) is 60.7 Å². The van der Waals surface area contributed by atoms with Gasteiger partial charge in [-0.2, -0.15) is 11.8 Å². The lowest BCUT2D eigenvalue weighted by Crippen LogP contribution is -2.51. The molecule has 2 amide bonds. The van der Waals surface area contributed by atoms with Crippen molar-refractivity contribution in [3.63, 3.8) is 0 Å². The molecule has 0 aliphatic carbocycles. The van der Waals surface area contributed by atoms with Crippen molar-refractivity contribution in [1.82, 2.24) is 10.6 Å². The molecule has 2 aromatic rings. The third-order valence-corrected chi connectivity index (χ3v) is 5.25. The molecule has 0 aliphatic rings. The van der Waals surface area contributed by atoms with Gasteiger partial charge in [-0.3, -0.25) is 4.79 Å². The highest BCUT2D eigenvalue weighted by Crippen LogP contribution is 2.13. The number of benzene rings is 2. The number of esters is 1. The summed E-state index contributed by atoms with van der Waals surface area (Å²) in [7, 11) is 1.27. The number of amides is 2. The van der Waals surface area contributed by atoms with E-state index in [1.165, 1.54) is 25.8 Å². The van der Waals surface area contributed by atoms with Gasteiger partial charge in [-0.15, -0.1) is 0 Å². The van der Waals surface area contributed by atoms with Crippen LogP contribution in [-0.2, 0) is 31.4 Å². The Labute approximate surface area is 180 Å². The maximum Gasteiger partial charge on any atom is 0.408 e. The summed E-state index contributed by atoms with van der Waals surface area (Å²) in [4.78, 5) is 36.4. The first kappa shape index (κ1) is 23.3. The third-order valence-electron chi connectivity index (χ3n) is 4.14. The molecule has 2 atom stereocenters. The number of thioether (sulfide) groups is 1. The van der Waals surface area contributed by atoms with E-state index < -0.39 is 30.1 Å². The fourth-order valence-corrected chi connectivity index (χ4v) is 3.48. The Balaban J connectivity index is 1.79. The second kappa shape index (κ2) is 12.5. The van der Waals surface area contributed by atoms with Crippen LogP contribution in [0.2, 0.25) is 0 Å². The van der Waals surface area contributed by atoms with Crippen molar-refractivity contribution in [2.24, 2.45) is 0 Å². The molecule has 0 saturated heterocycles. The van der Waals surface area contributed by atoms with E-state index >= 15 is 0 Å². The molecule has 2 N–H and O–H groups in total. The summed E-state index contributed by atoms with van der Waals surface area (Å²) in [5, 5.41) is 5.09. The molecule has 30 heavy (non-hydrogen) atoms. The van der Waals surface area contributed by atoms with Crippen molar-refractivity contribution in [3.8, 4) is 0 Å². The van der Waals surface area contributed by atoms with Gasteiger partial charge in [-0.25, -0.2) is 9.59 Å². The predicted molar refractivity (Wildman–Crippen MR) is 116 cm³/mol. The van der Waals surface area contributed by atoms with Gasteiger partial charge in [0.25, 0.3) is 0 Å². The molecule has 2 aromatic carbocycles. The average molecular weight is 431 g/mol. The minimum atomic E-state index is -0.875. The fraction of sp³-hybridized carbons (Fsp3) is 0.318. The van der Waals surface area contributed by atoms with Crippen LogP contribution >= 0.6 is 11.8 Å². The van der Waals surface area contributed by atoms with Gasteiger partial charge in [0.1, 0.15) is 18.7 Å². The average Bonchev–Trinajstić information content (AvgIpc) is 2.77. The quantitative estimate of drug-likeness (QED) is 0.563. The van der Waals surface area contributed by atoms with E-state index in [0.29, 0.717) is 11.5 Å². The molecule has 7 nitrogen and oxygen atoms in total. The highest BCUT2D eigenvalue weighted by molar-refractivity contribution is 7.98. The van der Waals surface area contributed by atoms with Crippen molar-refractivity contribution < 1.29 is 23.9 Å². The Morgan fingerprint density at radius 3 is 2.13 bits per heavy atom. The maximum atomic E-state index is 12.4. The smallest absolute Gasteiger partial charge is 0.408 e. The highest BCUT2D eigenvalue weighted by atomic mass is 32.2. The minimum absolute atomic E-state index is 0.0991. The van der Waals surface area contributed by atoms with Crippen molar-refractivity contribution in [1.29, 1.82) is 0 Å². The van der Waals surface area contributed by atoms with Crippen molar-refractivity contribution in [2.45, 2.75) is 31.4 Å². The van der Waals surface area contributed by atoms with Crippen LogP contribution < -0.4 is 10.6 Å². The third kappa shape index (κ3) is 8.16. The van der Waals surface area contributed by atoms with Crippen LogP contribution in [0, 0.1) is 0 Å². The van der Waals surface area contributed by atoms with Crippen LogP contribution in [0.1, 0.15) is 18.1 Å². The fourth-order valence-electron chi connectivity index (χ4n) is 2.48. The summed E-state index contributed by atoms with van der Waals surface area (Å²) < 4.78 is 9.90. The monoisotopic (exact) mass is 430 g/mol. The molecular formula is C22H26N2O5S. The van der Waals surface area contributed by atoms with E-state index in [2.05, 4.69) is 10.6 Å². The number of nitrogens with one attached hydrogen (secondary N) is 2. The molecule has 0 heterocycles. The van der Waals surface area contributed by atoms with Crippen LogP contribution in [-0.4, -0.2) is 42.9 Å². The van der Waals surface area contributed by atoms with E-state index in [9.17, 15) is 14.4 Å². The first-order valence-corrected chi connectivity index (χ1v) is 10.6. The summed E-state index contributed by atoms with van der Waals surface area (Å²) in [5.74, 6) is 0.00704. The van der Waals surface area contributed by atoms with Crippen molar-refractivity contribution in [3.05, 3.63) is 71.8 Å². The van der Waals surface area contributed by atoms with E-state index in [1.807, 2.05) is 60.7 Å². The first-order chi connectivity index (χ1) is 14.5. The van der Waals surface area contributed by atoms with E-state index in [-0.39, 0.29) is 6.61 Å². The first-order valence-electron chi connectivity index (χ1n) is 9.46. The number of alkyl carbamates (subject to hydrolysis) is 1. The zero-order valence-electron chi connectivity index (χ0n) is 17.0. The molecule has 2 rings (SSSR count). The molecule has 0 unspecified atom stereocenters. The molecule has 0 fully saturated rings. The van der Waals surface area contributed by atoms with E-state index in [4.69, 9.17) is 9.47 Å². The number of hydrogen-bond donors (Lipinski definition) is 2. The standard InChI is InChI=1S/C22H26N2O5S/c1-16(23-22(27)29-13-17-9-5-3-6-10-17)20(25)24-19(21(26)28-2)15-30-14-18-11-7-4-8-12-18/h3-12,16,19H,13-15H2,1-2H3,(H,23,27)(H,24,25)/t16-,19+/m1/s1. The number of ether oxygens (including phenoxy) is 2. The van der Waals surface area contributed by atoms with Gasteiger partial charge < -0.3 is 20.1 Å². The lowest BCUT2D eigenvalue weighted by atomic mass is 10.2. The Kier molecular flexibility index (Phi) is 9.73. The normalized spacial score (nSPS) is 12.3. The Hall–Kier alpha value is -3.00. The van der Waals surface area contributed by atoms with Gasteiger partial charge in [-0.05, 0) is 18.1 Å². The number of carbonyl (C=O) groups excluding carboxylic acids is 3. The lowest BCUT2D eigenvalue weighted by molar-refractivity contribution is -0.144. The van der Waals surface area contributed by atoms with E-state index in [0.717, 1.165) is 11.1 Å². The maximum absolute atomic E-state index is 12.4. The molecule has 8 heteroatoms. The summed E-state index contributed by atoms with van der Waals surface area (Å²) in [6.07, 6.45) is -0.713. The summed E-state index contributed by atoms with van der Waals surface area (Å²) in [6, 6.07) is 17.3. The van der Waals surface area contributed by atoms with Gasteiger partial charge in [0.15, 0.2) is 0 Å². The highest BCUT2D eigenvalue weighted by Gasteiger charge is 2.25. The van der Waals surface area contributed by atoms with Crippen LogP contribution in [0.5, 0.6) is 0 Å². The predicted octanol–water partition coefficient (Wildman–Crippen LogP) is 2.89. The Morgan fingerprint density at radius 1 is 0.933 bits per heavy atom. The lowest BCUT2D eigenvalue weighted by Gasteiger charge is -2.19. The van der Waals surface area contributed by atoms with Crippen LogP contribution in [0.4, 0.5) is 4.79 Å². The molecular weight excluding hydrogens is 404 g/mol. The molecule has 160 valence electrons.